The van der Waals surface area contributed by atoms with E-state index in [0.29, 0.717) is 13.0 Å². The number of nitrogens with one attached hydrogen (secondary N) is 1. The number of carboxylic acids is 1. The molecule has 1 aliphatic carbocycles. The zero-order valence-corrected chi connectivity index (χ0v) is 20.9. The summed E-state index contributed by atoms with van der Waals surface area (Å²) in [6.07, 6.45) is -0.00695. The van der Waals surface area contributed by atoms with Gasteiger partial charge >= 0.3 is 12.1 Å². The summed E-state index contributed by atoms with van der Waals surface area (Å²) in [5, 5.41) is 12.2. The van der Waals surface area contributed by atoms with Crippen molar-refractivity contribution in [2.45, 2.75) is 31.4 Å². The van der Waals surface area contributed by atoms with Crippen LogP contribution < -0.4 is 10.1 Å². The second-order valence-corrected chi connectivity index (χ2v) is 9.32. The van der Waals surface area contributed by atoms with E-state index in [0.717, 1.165) is 39.1 Å². The van der Waals surface area contributed by atoms with Crippen LogP contribution in [-0.4, -0.2) is 29.8 Å². The first-order chi connectivity index (χ1) is 18.6. The van der Waals surface area contributed by atoms with Gasteiger partial charge in [-0.15, -0.1) is 0 Å². The minimum absolute atomic E-state index is 0.0842. The zero-order valence-electron chi connectivity index (χ0n) is 20.9. The van der Waals surface area contributed by atoms with Crippen LogP contribution in [0, 0.1) is 0 Å². The SMILES string of the molecule is O=C(N[C@@H](CCc1ccc(OCc2ccccc2)cc1)C(=O)O)OCC1c2ccccc2-c2ccccc21. The highest BCUT2D eigenvalue weighted by molar-refractivity contribution is 5.81. The lowest BCUT2D eigenvalue weighted by molar-refractivity contribution is -0.139. The van der Waals surface area contributed by atoms with E-state index in [9.17, 15) is 14.7 Å². The number of aliphatic carboxylic acids is 1. The molecule has 4 aromatic rings. The van der Waals surface area contributed by atoms with Crippen molar-refractivity contribution in [3.05, 3.63) is 125 Å². The molecule has 192 valence electrons. The third-order valence-corrected chi connectivity index (χ3v) is 6.83. The zero-order chi connectivity index (χ0) is 26.3. The van der Waals surface area contributed by atoms with E-state index in [2.05, 4.69) is 17.4 Å². The maximum absolute atomic E-state index is 12.6. The van der Waals surface area contributed by atoms with Crippen molar-refractivity contribution in [3.8, 4) is 16.9 Å². The van der Waals surface area contributed by atoms with Crippen LogP contribution in [0.4, 0.5) is 4.79 Å². The highest BCUT2D eigenvalue weighted by atomic mass is 16.5. The molecule has 2 N–H and O–H groups in total. The van der Waals surface area contributed by atoms with Crippen molar-refractivity contribution in [2.24, 2.45) is 0 Å². The summed E-state index contributed by atoms with van der Waals surface area (Å²) in [6.45, 7) is 0.613. The molecule has 0 saturated carbocycles. The van der Waals surface area contributed by atoms with E-state index in [1.807, 2.05) is 91.0 Å². The van der Waals surface area contributed by atoms with Gasteiger partial charge < -0.3 is 19.9 Å². The minimum Gasteiger partial charge on any atom is -0.489 e. The van der Waals surface area contributed by atoms with Crippen LogP contribution in [0.5, 0.6) is 5.75 Å². The largest absolute Gasteiger partial charge is 0.489 e. The number of alkyl carbamates (subject to hydrolysis) is 1. The first-order valence-corrected chi connectivity index (χ1v) is 12.7. The molecule has 0 aliphatic heterocycles. The van der Waals surface area contributed by atoms with Crippen molar-refractivity contribution in [2.75, 3.05) is 6.61 Å². The van der Waals surface area contributed by atoms with Crippen LogP contribution in [0.15, 0.2) is 103 Å². The van der Waals surface area contributed by atoms with E-state index in [4.69, 9.17) is 9.47 Å². The molecule has 0 saturated heterocycles. The number of carbonyl (C=O) groups excluding carboxylic acids is 1. The molecule has 0 heterocycles. The number of benzene rings is 4. The number of carbonyl (C=O) groups is 2. The summed E-state index contributed by atoms with van der Waals surface area (Å²) in [7, 11) is 0. The van der Waals surface area contributed by atoms with E-state index >= 15 is 0 Å². The van der Waals surface area contributed by atoms with Crippen LogP contribution in [0.3, 0.4) is 0 Å². The molecular formula is C32H29NO5. The van der Waals surface area contributed by atoms with Gasteiger partial charge in [-0.25, -0.2) is 9.59 Å². The number of carboxylic acid groups (broad SMARTS) is 1. The summed E-state index contributed by atoms with van der Waals surface area (Å²) < 4.78 is 11.3. The Morgan fingerprint density at radius 1 is 0.763 bits per heavy atom. The Hall–Kier alpha value is -4.58. The summed E-state index contributed by atoms with van der Waals surface area (Å²) in [5.74, 6) is -0.440. The Morgan fingerprint density at radius 2 is 1.37 bits per heavy atom. The van der Waals surface area contributed by atoms with Crippen molar-refractivity contribution < 1.29 is 24.2 Å². The molecule has 38 heavy (non-hydrogen) atoms. The monoisotopic (exact) mass is 507 g/mol. The topological polar surface area (TPSA) is 84.9 Å². The summed E-state index contributed by atoms with van der Waals surface area (Å²) in [6, 6.07) is 32.6. The van der Waals surface area contributed by atoms with E-state index in [1.54, 1.807) is 0 Å². The van der Waals surface area contributed by atoms with Gasteiger partial charge in [0, 0.05) is 5.92 Å². The van der Waals surface area contributed by atoms with Crippen LogP contribution >= 0.6 is 0 Å². The maximum Gasteiger partial charge on any atom is 0.407 e. The number of rotatable bonds is 10. The first kappa shape index (κ1) is 25.1. The van der Waals surface area contributed by atoms with Crippen molar-refractivity contribution in [3.63, 3.8) is 0 Å². The molecular weight excluding hydrogens is 478 g/mol. The number of hydrogen-bond acceptors (Lipinski definition) is 4. The fourth-order valence-electron chi connectivity index (χ4n) is 4.84. The normalized spacial score (nSPS) is 12.7. The Kier molecular flexibility index (Phi) is 7.69. The van der Waals surface area contributed by atoms with Crippen molar-refractivity contribution in [1.29, 1.82) is 0 Å². The smallest absolute Gasteiger partial charge is 0.407 e. The Bertz CT molecular complexity index is 1360. The quantitative estimate of drug-likeness (QED) is 0.267. The highest BCUT2D eigenvalue weighted by Gasteiger charge is 2.29. The van der Waals surface area contributed by atoms with E-state index < -0.39 is 18.1 Å². The van der Waals surface area contributed by atoms with Gasteiger partial charge in [0.25, 0.3) is 0 Å². The summed E-state index contributed by atoms with van der Waals surface area (Å²) in [5.41, 5.74) is 6.52. The molecule has 6 nitrogen and oxygen atoms in total. The van der Waals surface area contributed by atoms with E-state index in [1.165, 1.54) is 0 Å². The second-order valence-electron chi connectivity index (χ2n) is 9.32. The molecule has 0 radical (unpaired) electrons. The van der Waals surface area contributed by atoms with Crippen LogP contribution in [-0.2, 0) is 22.6 Å². The van der Waals surface area contributed by atoms with Crippen molar-refractivity contribution in [1.82, 2.24) is 5.32 Å². The maximum atomic E-state index is 12.6. The fourth-order valence-corrected chi connectivity index (χ4v) is 4.84. The summed E-state index contributed by atoms with van der Waals surface area (Å²) in [4.78, 5) is 24.4. The molecule has 1 atom stereocenters. The second kappa shape index (κ2) is 11.6. The van der Waals surface area contributed by atoms with Crippen LogP contribution in [0.1, 0.15) is 34.6 Å². The van der Waals surface area contributed by atoms with Gasteiger partial charge in [-0.3, -0.25) is 0 Å². The third-order valence-electron chi connectivity index (χ3n) is 6.83. The lowest BCUT2D eigenvalue weighted by Gasteiger charge is -2.17. The minimum atomic E-state index is -1.10. The lowest BCUT2D eigenvalue weighted by atomic mass is 9.98. The number of hydrogen-bond donors (Lipinski definition) is 2. The average Bonchev–Trinajstić information content (AvgIpc) is 3.27. The molecule has 0 aromatic heterocycles. The number of ether oxygens (including phenoxy) is 2. The molecule has 5 rings (SSSR count). The molecule has 1 aliphatic rings. The Morgan fingerprint density at radius 3 is 2.00 bits per heavy atom. The van der Waals surface area contributed by atoms with Gasteiger partial charge in [0.1, 0.15) is 25.0 Å². The van der Waals surface area contributed by atoms with E-state index in [-0.39, 0.29) is 18.9 Å². The Balaban J connectivity index is 1.13. The Labute approximate surface area is 221 Å². The van der Waals surface area contributed by atoms with Gasteiger partial charge in [-0.2, -0.15) is 0 Å². The molecule has 6 heteroatoms. The van der Waals surface area contributed by atoms with Gasteiger partial charge in [0.2, 0.25) is 0 Å². The molecule has 0 spiro atoms. The standard InChI is InChI=1S/C32H29NO5/c34-31(35)30(19-16-22-14-17-24(18-15-22)37-20-23-8-2-1-3-9-23)33-32(36)38-21-29-27-12-6-4-10-25(27)26-11-5-7-13-28(26)29/h1-15,17-18,29-30H,16,19-21H2,(H,33,36)(H,34,35)/t30-/m0/s1. The van der Waals surface area contributed by atoms with Gasteiger partial charge in [0.15, 0.2) is 0 Å². The number of fused-ring (bicyclic) bond motifs is 3. The van der Waals surface area contributed by atoms with Gasteiger partial charge in [-0.1, -0.05) is 91.0 Å². The predicted octanol–water partition coefficient (Wildman–Crippen LogP) is 6.19. The predicted molar refractivity (Wildman–Crippen MR) is 145 cm³/mol. The first-order valence-electron chi connectivity index (χ1n) is 12.7. The third kappa shape index (κ3) is 5.86. The highest BCUT2D eigenvalue weighted by Crippen LogP contribution is 2.44. The number of aryl methyl sites for hydroxylation is 1. The molecule has 1 amide bonds. The molecule has 0 fully saturated rings. The van der Waals surface area contributed by atoms with Crippen molar-refractivity contribution >= 4 is 12.1 Å². The molecule has 0 unspecified atom stereocenters. The fraction of sp³-hybridized carbons (Fsp3) is 0.188. The summed E-state index contributed by atoms with van der Waals surface area (Å²) >= 11 is 0. The number of amides is 1. The molecule has 4 aromatic carbocycles. The average molecular weight is 508 g/mol. The lowest BCUT2D eigenvalue weighted by Crippen LogP contribution is -2.41. The van der Waals surface area contributed by atoms with Gasteiger partial charge in [0.05, 0.1) is 0 Å². The van der Waals surface area contributed by atoms with Gasteiger partial charge in [-0.05, 0) is 58.4 Å². The van der Waals surface area contributed by atoms with Crippen LogP contribution in [0.25, 0.3) is 11.1 Å². The molecule has 0 bridgehead atoms. The van der Waals surface area contributed by atoms with Crippen LogP contribution in [0.2, 0.25) is 0 Å².